The van der Waals surface area contributed by atoms with Crippen LogP contribution in [0.4, 0.5) is 5.69 Å². The fourth-order valence-electron chi connectivity index (χ4n) is 2.02. The smallest absolute Gasteiger partial charge is 0.248 e. The largest absolute Gasteiger partial charge is 0.311 e. The van der Waals surface area contributed by atoms with Crippen molar-refractivity contribution in [2.24, 2.45) is 0 Å². The number of amides is 1. The number of likely N-dealkylation sites (N-methyl/N-ethyl adjacent to an activating group) is 1. The van der Waals surface area contributed by atoms with Crippen LogP contribution >= 0.6 is 0 Å². The summed E-state index contributed by atoms with van der Waals surface area (Å²) in [5, 5.41) is 7.39. The second-order valence-corrected chi connectivity index (χ2v) is 4.38. The maximum absolute atomic E-state index is 12.3. The average Bonchev–Trinajstić information content (AvgIpc) is 2.89. The number of hydrogen-bond acceptors (Lipinski definition) is 4. The monoisotopic (exact) mass is 272 g/mol. The lowest BCUT2D eigenvalue weighted by molar-refractivity contribution is -0.119. The Kier molecular flexibility index (Phi) is 4.24. The Morgan fingerprint density at radius 3 is 2.75 bits per heavy atom. The van der Waals surface area contributed by atoms with Crippen LogP contribution in [0.2, 0.25) is 0 Å². The van der Waals surface area contributed by atoms with Gasteiger partial charge in [0.1, 0.15) is 12.2 Å². The van der Waals surface area contributed by atoms with E-state index in [9.17, 15) is 9.59 Å². The number of carbonyl (C=O) groups excluding carboxylic acids is 2. The topological polar surface area (TPSA) is 68.1 Å². The van der Waals surface area contributed by atoms with Crippen LogP contribution in [-0.2, 0) is 11.3 Å². The molecule has 6 heteroatoms. The van der Waals surface area contributed by atoms with Crippen LogP contribution in [0.3, 0.4) is 0 Å². The molecule has 0 bridgehead atoms. The molecule has 6 nitrogen and oxygen atoms in total. The fourth-order valence-corrected chi connectivity index (χ4v) is 2.02. The number of nitrogens with zero attached hydrogens (tertiary/aromatic N) is 4. The van der Waals surface area contributed by atoms with Gasteiger partial charge < -0.3 is 4.90 Å². The summed E-state index contributed by atoms with van der Waals surface area (Å²) in [5.41, 5.74) is 2.14. The zero-order valence-electron chi connectivity index (χ0n) is 11.5. The lowest BCUT2D eigenvalue weighted by Gasteiger charge is -2.22. The molecule has 0 spiro atoms. The third-order valence-electron chi connectivity index (χ3n) is 3.00. The predicted octanol–water partition coefficient (Wildman–Crippen LogP) is 1.45. The molecule has 0 aliphatic heterocycles. The van der Waals surface area contributed by atoms with E-state index in [2.05, 4.69) is 10.3 Å². The third kappa shape index (κ3) is 2.90. The lowest BCUT2D eigenvalue weighted by Crippen LogP contribution is -2.34. The maximum Gasteiger partial charge on any atom is 0.248 e. The summed E-state index contributed by atoms with van der Waals surface area (Å²) < 4.78 is 1.37. The molecule has 0 atom stereocenters. The SMILES string of the molecule is CCN(C(=O)Cn1cc(C=O)nn1)c1ccccc1C. The molecule has 0 aliphatic carbocycles. The second kappa shape index (κ2) is 6.10. The second-order valence-electron chi connectivity index (χ2n) is 4.38. The first-order valence-electron chi connectivity index (χ1n) is 6.37. The number of aromatic nitrogens is 3. The lowest BCUT2D eigenvalue weighted by atomic mass is 10.2. The van der Waals surface area contributed by atoms with Gasteiger partial charge in [0.2, 0.25) is 5.91 Å². The minimum Gasteiger partial charge on any atom is -0.311 e. The molecule has 0 saturated carbocycles. The predicted molar refractivity (Wildman–Crippen MR) is 74.6 cm³/mol. The van der Waals surface area contributed by atoms with E-state index in [-0.39, 0.29) is 18.1 Å². The normalized spacial score (nSPS) is 10.3. The van der Waals surface area contributed by atoms with Crippen LogP contribution in [0.1, 0.15) is 23.0 Å². The molecular formula is C14H16N4O2. The van der Waals surface area contributed by atoms with E-state index in [1.807, 2.05) is 38.1 Å². The van der Waals surface area contributed by atoms with E-state index in [4.69, 9.17) is 0 Å². The van der Waals surface area contributed by atoms with Gasteiger partial charge in [-0.05, 0) is 25.5 Å². The Labute approximate surface area is 117 Å². The van der Waals surface area contributed by atoms with Crippen molar-refractivity contribution < 1.29 is 9.59 Å². The van der Waals surface area contributed by atoms with E-state index in [0.717, 1.165) is 11.3 Å². The molecule has 1 aromatic carbocycles. The molecule has 104 valence electrons. The van der Waals surface area contributed by atoms with E-state index >= 15 is 0 Å². The van der Waals surface area contributed by atoms with E-state index in [0.29, 0.717) is 12.8 Å². The van der Waals surface area contributed by atoms with Crippen LogP contribution in [-0.4, -0.2) is 33.7 Å². The number of carbonyl (C=O) groups is 2. The first-order chi connectivity index (χ1) is 9.65. The van der Waals surface area contributed by atoms with Gasteiger partial charge in [0.05, 0.1) is 6.20 Å². The van der Waals surface area contributed by atoms with Crippen LogP contribution in [0, 0.1) is 6.92 Å². The van der Waals surface area contributed by atoms with Gasteiger partial charge in [0.25, 0.3) is 0 Å². The standard InChI is InChI=1S/C14H16N4O2/c1-3-18(13-7-5-4-6-11(13)2)14(20)9-17-8-12(10-19)15-16-17/h4-8,10H,3,9H2,1-2H3. The molecule has 0 N–H and O–H groups in total. The van der Waals surface area contributed by atoms with Gasteiger partial charge in [0.15, 0.2) is 6.29 Å². The molecule has 0 unspecified atom stereocenters. The number of hydrogen-bond donors (Lipinski definition) is 0. The summed E-state index contributed by atoms with van der Waals surface area (Å²) in [4.78, 5) is 24.6. The Morgan fingerprint density at radius 2 is 2.15 bits per heavy atom. The molecule has 1 aromatic heterocycles. The molecule has 2 rings (SSSR count). The first kappa shape index (κ1) is 13.9. The van der Waals surface area contributed by atoms with Gasteiger partial charge in [-0.15, -0.1) is 5.10 Å². The first-order valence-corrected chi connectivity index (χ1v) is 6.37. The van der Waals surface area contributed by atoms with E-state index in [1.165, 1.54) is 10.9 Å². The maximum atomic E-state index is 12.3. The minimum atomic E-state index is -0.0934. The van der Waals surface area contributed by atoms with Gasteiger partial charge in [0, 0.05) is 12.2 Å². The summed E-state index contributed by atoms with van der Waals surface area (Å²) in [6.45, 7) is 4.51. The summed E-state index contributed by atoms with van der Waals surface area (Å²) in [7, 11) is 0. The quantitative estimate of drug-likeness (QED) is 0.773. The van der Waals surface area contributed by atoms with Gasteiger partial charge in [-0.1, -0.05) is 23.4 Å². The molecule has 2 aromatic rings. The zero-order chi connectivity index (χ0) is 14.5. The Balaban J connectivity index is 2.17. The van der Waals surface area contributed by atoms with Gasteiger partial charge in [-0.3, -0.25) is 9.59 Å². The highest BCUT2D eigenvalue weighted by atomic mass is 16.2. The zero-order valence-corrected chi connectivity index (χ0v) is 11.5. The van der Waals surface area contributed by atoms with Crippen molar-refractivity contribution in [1.29, 1.82) is 0 Å². The summed E-state index contributed by atoms with van der Waals surface area (Å²) >= 11 is 0. The van der Waals surface area contributed by atoms with Crippen molar-refractivity contribution in [2.75, 3.05) is 11.4 Å². The van der Waals surface area contributed by atoms with E-state index < -0.39 is 0 Å². The van der Waals surface area contributed by atoms with Crippen molar-refractivity contribution in [3.8, 4) is 0 Å². The molecule has 1 heterocycles. The number of benzene rings is 1. The molecule has 0 saturated heterocycles. The summed E-state index contributed by atoms with van der Waals surface area (Å²) in [5.74, 6) is -0.0934. The Bertz CT molecular complexity index is 621. The fraction of sp³-hybridized carbons (Fsp3) is 0.286. The Morgan fingerprint density at radius 1 is 1.40 bits per heavy atom. The Hall–Kier alpha value is -2.50. The van der Waals surface area contributed by atoms with Crippen LogP contribution in [0.5, 0.6) is 0 Å². The molecular weight excluding hydrogens is 256 g/mol. The van der Waals surface area contributed by atoms with Gasteiger partial charge >= 0.3 is 0 Å². The van der Waals surface area contributed by atoms with Gasteiger partial charge in [-0.2, -0.15) is 0 Å². The van der Waals surface area contributed by atoms with Crippen molar-refractivity contribution in [2.45, 2.75) is 20.4 Å². The molecule has 0 aliphatic rings. The summed E-state index contributed by atoms with van der Waals surface area (Å²) in [6.07, 6.45) is 2.06. The summed E-state index contributed by atoms with van der Waals surface area (Å²) in [6, 6.07) is 7.71. The van der Waals surface area contributed by atoms with Crippen LogP contribution in [0.25, 0.3) is 0 Å². The van der Waals surface area contributed by atoms with Gasteiger partial charge in [-0.25, -0.2) is 4.68 Å². The van der Waals surface area contributed by atoms with Crippen molar-refractivity contribution in [1.82, 2.24) is 15.0 Å². The average molecular weight is 272 g/mol. The third-order valence-corrected chi connectivity index (χ3v) is 3.00. The van der Waals surface area contributed by atoms with Crippen molar-refractivity contribution in [3.63, 3.8) is 0 Å². The van der Waals surface area contributed by atoms with Crippen molar-refractivity contribution >= 4 is 17.9 Å². The van der Waals surface area contributed by atoms with E-state index in [1.54, 1.807) is 4.90 Å². The minimum absolute atomic E-state index is 0.0585. The van der Waals surface area contributed by atoms with Crippen molar-refractivity contribution in [3.05, 3.63) is 41.7 Å². The highest BCUT2D eigenvalue weighted by Crippen LogP contribution is 2.19. The number of aldehydes is 1. The molecule has 0 fully saturated rings. The van der Waals surface area contributed by atoms with Crippen LogP contribution < -0.4 is 4.90 Å². The highest BCUT2D eigenvalue weighted by Gasteiger charge is 2.16. The highest BCUT2D eigenvalue weighted by molar-refractivity contribution is 5.93. The number of aryl methyl sites for hydroxylation is 1. The number of rotatable bonds is 5. The molecule has 0 radical (unpaired) electrons. The number of para-hydroxylation sites is 1. The molecule has 20 heavy (non-hydrogen) atoms. The molecule has 1 amide bonds. The van der Waals surface area contributed by atoms with Crippen LogP contribution in [0.15, 0.2) is 30.5 Å². The number of anilines is 1.